The number of fused-ring (bicyclic) bond motifs is 1. The average molecular weight is 438 g/mol. The van der Waals surface area contributed by atoms with Gasteiger partial charge in [0.05, 0.1) is 17.3 Å². The lowest BCUT2D eigenvalue weighted by atomic mass is 9.98. The molecule has 1 aromatic heterocycles. The molecule has 0 aliphatic heterocycles. The SMILES string of the molecule is Cc1c([C@H](Nc2ccc3ccccc3c2)c2ccc(F)cc2)c(=O)n(-c2ccccc2)n1C. The summed E-state index contributed by atoms with van der Waals surface area (Å²) in [4.78, 5) is 13.7. The van der Waals surface area contributed by atoms with E-state index in [0.29, 0.717) is 5.56 Å². The molecule has 0 radical (unpaired) electrons. The zero-order chi connectivity index (χ0) is 22.9. The van der Waals surface area contributed by atoms with Crippen molar-refractivity contribution in [3.05, 3.63) is 130 Å². The van der Waals surface area contributed by atoms with Crippen LogP contribution in [0.25, 0.3) is 16.5 Å². The van der Waals surface area contributed by atoms with Crippen molar-refractivity contribution in [2.45, 2.75) is 13.0 Å². The number of halogens is 1. The molecule has 0 unspecified atom stereocenters. The van der Waals surface area contributed by atoms with Crippen LogP contribution < -0.4 is 10.9 Å². The van der Waals surface area contributed by atoms with Gasteiger partial charge in [-0.15, -0.1) is 0 Å². The first kappa shape index (κ1) is 20.8. The zero-order valence-corrected chi connectivity index (χ0v) is 18.5. The highest BCUT2D eigenvalue weighted by molar-refractivity contribution is 5.85. The smallest absolute Gasteiger partial charge is 0.277 e. The summed E-state index contributed by atoms with van der Waals surface area (Å²) in [5.74, 6) is -0.310. The van der Waals surface area contributed by atoms with Crippen molar-refractivity contribution in [2.24, 2.45) is 7.05 Å². The maximum absolute atomic E-state index is 13.7. The van der Waals surface area contributed by atoms with Crippen LogP contribution in [0.15, 0.2) is 102 Å². The Hall–Kier alpha value is -4.12. The van der Waals surface area contributed by atoms with Gasteiger partial charge in [-0.25, -0.2) is 9.07 Å². The van der Waals surface area contributed by atoms with Crippen molar-refractivity contribution in [1.29, 1.82) is 0 Å². The molecule has 0 fully saturated rings. The van der Waals surface area contributed by atoms with Crippen molar-refractivity contribution < 1.29 is 4.39 Å². The van der Waals surface area contributed by atoms with E-state index in [0.717, 1.165) is 33.4 Å². The first-order valence-electron chi connectivity index (χ1n) is 10.9. The molecule has 5 heteroatoms. The van der Waals surface area contributed by atoms with E-state index in [9.17, 15) is 9.18 Å². The number of hydrogen-bond donors (Lipinski definition) is 1. The summed E-state index contributed by atoms with van der Waals surface area (Å²) < 4.78 is 17.2. The monoisotopic (exact) mass is 437 g/mol. The number of hydrogen-bond acceptors (Lipinski definition) is 2. The highest BCUT2D eigenvalue weighted by Gasteiger charge is 2.25. The molecule has 0 aliphatic rings. The lowest BCUT2D eigenvalue weighted by molar-refractivity contribution is 0.626. The first-order chi connectivity index (χ1) is 16.0. The minimum atomic E-state index is -0.449. The Morgan fingerprint density at radius 2 is 1.48 bits per heavy atom. The van der Waals surface area contributed by atoms with E-state index >= 15 is 0 Å². The van der Waals surface area contributed by atoms with Gasteiger partial charge < -0.3 is 5.32 Å². The van der Waals surface area contributed by atoms with E-state index < -0.39 is 6.04 Å². The Labute approximate surface area is 191 Å². The van der Waals surface area contributed by atoms with E-state index in [1.165, 1.54) is 12.1 Å². The molecule has 164 valence electrons. The van der Waals surface area contributed by atoms with Gasteiger partial charge in [-0.2, -0.15) is 0 Å². The number of benzene rings is 4. The van der Waals surface area contributed by atoms with Gasteiger partial charge in [-0.3, -0.25) is 9.48 Å². The summed E-state index contributed by atoms with van der Waals surface area (Å²) in [6.07, 6.45) is 0. The molecule has 0 aliphatic carbocycles. The standard InChI is InChI=1S/C28H24FN3O/c1-19-26(28(33)32(31(19)2)25-10-4-3-5-11-25)27(21-12-15-23(29)16-13-21)30-24-17-14-20-8-6-7-9-22(20)18-24/h3-18,27,30H,1-2H3/t27-/m1/s1. The minimum Gasteiger partial charge on any atom is -0.374 e. The van der Waals surface area contributed by atoms with Gasteiger partial charge in [-0.1, -0.05) is 60.7 Å². The molecule has 0 bridgehead atoms. The molecular weight excluding hydrogens is 413 g/mol. The van der Waals surface area contributed by atoms with Gasteiger partial charge in [-0.05, 0) is 59.7 Å². The molecule has 1 N–H and O–H groups in total. The number of nitrogens with zero attached hydrogens (tertiary/aromatic N) is 2. The lowest BCUT2D eigenvalue weighted by Gasteiger charge is -2.20. The molecule has 5 aromatic rings. The number of nitrogens with one attached hydrogen (secondary N) is 1. The van der Waals surface area contributed by atoms with Gasteiger partial charge >= 0.3 is 0 Å². The molecule has 1 heterocycles. The third-order valence-electron chi connectivity index (χ3n) is 6.15. The fraction of sp³-hybridized carbons (Fsp3) is 0.107. The maximum atomic E-state index is 13.7. The molecule has 0 amide bonds. The van der Waals surface area contributed by atoms with Crippen LogP contribution in [-0.4, -0.2) is 9.36 Å². The third-order valence-corrected chi connectivity index (χ3v) is 6.15. The Bertz CT molecular complexity index is 1480. The summed E-state index contributed by atoms with van der Waals surface area (Å²) in [6, 6.07) is 29.7. The number of rotatable bonds is 5. The number of aromatic nitrogens is 2. The van der Waals surface area contributed by atoms with E-state index in [-0.39, 0.29) is 11.4 Å². The van der Waals surface area contributed by atoms with Gasteiger partial charge in [0, 0.05) is 18.4 Å². The number of anilines is 1. The van der Waals surface area contributed by atoms with Crippen LogP contribution >= 0.6 is 0 Å². The summed E-state index contributed by atoms with van der Waals surface area (Å²) in [7, 11) is 1.88. The first-order valence-corrected chi connectivity index (χ1v) is 10.9. The molecule has 33 heavy (non-hydrogen) atoms. The quantitative estimate of drug-likeness (QED) is 0.367. The fourth-order valence-electron chi connectivity index (χ4n) is 4.34. The molecule has 4 aromatic carbocycles. The van der Waals surface area contributed by atoms with Gasteiger partial charge in [0.25, 0.3) is 5.56 Å². The molecule has 1 atom stereocenters. The normalized spacial score (nSPS) is 12.1. The highest BCUT2D eigenvalue weighted by atomic mass is 19.1. The molecule has 0 saturated carbocycles. The Balaban J connectivity index is 1.66. The maximum Gasteiger partial charge on any atom is 0.277 e. The van der Waals surface area contributed by atoms with E-state index in [4.69, 9.17) is 0 Å². The predicted molar refractivity (Wildman–Crippen MR) is 132 cm³/mol. The summed E-state index contributed by atoms with van der Waals surface area (Å²) in [6.45, 7) is 1.94. The van der Waals surface area contributed by atoms with Crippen LogP contribution in [0.4, 0.5) is 10.1 Å². The average Bonchev–Trinajstić information content (AvgIpc) is 3.06. The molecule has 4 nitrogen and oxygen atoms in total. The van der Waals surface area contributed by atoms with Gasteiger partial charge in [0.15, 0.2) is 0 Å². The van der Waals surface area contributed by atoms with Crippen LogP contribution in [0.1, 0.15) is 22.9 Å². The van der Waals surface area contributed by atoms with Crippen molar-refractivity contribution in [1.82, 2.24) is 9.36 Å². The second-order valence-electron chi connectivity index (χ2n) is 8.17. The highest BCUT2D eigenvalue weighted by Crippen LogP contribution is 2.29. The topological polar surface area (TPSA) is 39.0 Å². The van der Waals surface area contributed by atoms with Crippen molar-refractivity contribution in [3.8, 4) is 5.69 Å². The van der Waals surface area contributed by atoms with Gasteiger partial charge in [0.1, 0.15) is 5.82 Å². The molecule has 5 rings (SSSR count). The summed E-state index contributed by atoms with van der Waals surface area (Å²) >= 11 is 0. The second-order valence-corrected chi connectivity index (χ2v) is 8.17. The van der Waals surface area contributed by atoms with E-state index in [1.54, 1.807) is 16.8 Å². The minimum absolute atomic E-state index is 0.108. The summed E-state index contributed by atoms with van der Waals surface area (Å²) in [5, 5.41) is 5.79. The van der Waals surface area contributed by atoms with Crippen molar-refractivity contribution in [3.63, 3.8) is 0 Å². The Morgan fingerprint density at radius 3 is 2.21 bits per heavy atom. The molecule has 0 saturated heterocycles. The third kappa shape index (κ3) is 3.82. The van der Waals surface area contributed by atoms with Crippen molar-refractivity contribution >= 4 is 16.5 Å². The molecular formula is C28H24FN3O. The van der Waals surface area contributed by atoms with E-state index in [1.807, 2.05) is 67.2 Å². The zero-order valence-electron chi connectivity index (χ0n) is 18.5. The van der Waals surface area contributed by atoms with Crippen LogP contribution in [0, 0.1) is 12.7 Å². The Morgan fingerprint density at radius 1 is 0.818 bits per heavy atom. The van der Waals surface area contributed by atoms with Gasteiger partial charge in [0.2, 0.25) is 0 Å². The van der Waals surface area contributed by atoms with Crippen LogP contribution in [0.2, 0.25) is 0 Å². The van der Waals surface area contributed by atoms with Crippen LogP contribution in [0.5, 0.6) is 0 Å². The van der Waals surface area contributed by atoms with Crippen molar-refractivity contribution in [2.75, 3.05) is 5.32 Å². The Kier molecular flexibility index (Phi) is 5.31. The number of para-hydroxylation sites is 1. The van der Waals surface area contributed by atoms with Crippen LogP contribution in [0.3, 0.4) is 0 Å². The lowest BCUT2D eigenvalue weighted by Crippen LogP contribution is -2.24. The van der Waals surface area contributed by atoms with Crippen LogP contribution in [-0.2, 0) is 7.05 Å². The molecule has 0 spiro atoms. The fourth-order valence-corrected chi connectivity index (χ4v) is 4.34. The van der Waals surface area contributed by atoms with E-state index in [2.05, 4.69) is 29.6 Å². The largest absolute Gasteiger partial charge is 0.374 e. The summed E-state index contributed by atoms with van der Waals surface area (Å²) in [5.41, 5.74) is 3.85. The second kappa shape index (κ2) is 8.43. The predicted octanol–water partition coefficient (Wildman–Crippen LogP) is 5.98.